The fourth-order valence-corrected chi connectivity index (χ4v) is 9.17. The molecule has 1 aliphatic heterocycles. The van der Waals surface area contributed by atoms with E-state index in [0.717, 1.165) is 12.8 Å². The zero-order valence-electron chi connectivity index (χ0n) is 32.1. The number of hydrogen-bond donors (Lipinski definition) is 2. The van der Waals surface area contributed by atoms with Gasteiger partial charge in [-0.25, -0.2) is 19.6 Å². The van der Waals surface area contributed by atoms with Crippen molar-refractivity contribution in [2.75, 3.05) is 27.9 Å². The van der Waals surface area contributed by atoms with Gasteiger partial charge in [-0.3, -0.25) is 9.59 Å². The summed E-state index contributed by atoms with van der Waals surface area (Å²) in [5, 5.41) is 8.91. The summed E-state index contributed by atoms with van der Waals surface area (Å²) in [6.07, 6.45) is 2.48. The molecule has 3 amide bonds. The molecule has 14 nitrogen and oxygen atoms in total. The van der Waals surface area contributed by atoms with Gasteiger partial charge in [0.1, 0.15) is 52.0 Å². The van der Waals surface area contributed by atoms with Crippen LogP contribution in [0.2, 0.25) is 5.02 Å². The van der Waals surface area contributed by atoms with Gasteiger partial charge in [0.15, 0.2) is 0 Å². The lowest BCUT2D eigenvalue weighted by Crippen LogP contribution is -2.59. The Hall–Kier alpha value is -4.37. The molecule has 0 spiro atoms. The topological polar surface area (TPSA) is 168 Å². The number of pyridine rings is 1. The molecule has 7 rings (SSSR count). The Labute approximate surface area is 328 Å². The third-order valence-electron chi connectivity index (χ3n) is 11.5. The highest BCUT2D eigenvalue weighted by Crippen LogP contribution is 2.52. The van der Waals surface area contributed by atoms with Gasteiger partial charge in [-0.2, -0.15) is 0 Å². The number of aromatic nitrogens is 2. The van der Waals surface area contributed by atoms with E-state index < -0.39 is 53.0 Å². The van der Waals surface area contributed by atoms with Crippen molar-refractivity contribution in [1.82, 2.24) is 25.5 Å². The van der Waals surface area contributed by atoms with Crippen LogP contribution in [0.4, 0.5) is 4.79 Å². The van der Waals surface area contributed by atoms with E-state index in [0.29, 0.717) is 63.7 Å². The highest BCUT2D eigenvalue weighted by Gasteiger charge is 2.62. The molecule has 1 unspecified atom stereocenters. The average molecular weight is 798 g/mol. The largest absolute Gasteiger partial charge is 0.495 e. The summed E-state index contributed by atoms with van der Waals surface area (Å²) in [7, 11) is 4.34. The van der Waals surface area contributed by atoms with Crippen LogP contribution in [0.25, 0.3) is 22.3 Å². The van der Waals surface area contributed by atoms with Crippen molar-refractivity contribution in [2.45, 2.75) is 96.1 Å². The first-order chi connectivity index (χ1) is 26.2. The highest BCUT2D eigenvalue weighted by atomic mass is 35.5. The Kier molecular flexibility index (Phi) is 10.6. The summed E-state index contributed by atoms with van der Waals surface area (Å²) in [4.78, 5) is 66.0. The van der Waals surface area contributed by atoms with Crippen molar-refractivity contribution < 1.29 is 42.9 Å². The smallest absolute Gasteiger partial charge is 0.408 e. The van der Waals surface area contributed by atoms with Gasteiger partial charge in [-0.15, -0.1) is 0 Å². The normalized spacial score (nSPS) is 27.2. The Balaban J connectivity index is 1.20. The number of thiazole rings is 1. The number of esters is 1. The fourth-order valence-electron chi connectivity index (χ4n) is 8.25. The van der Waals surface area contributed by atoms with Gasteiger partial charge in [0.2, 0.25) is 11.8 Å². The molecule has 0 radical (unpaired) electrons. The van der Waals surface area contributed by atoms with Crippen LogP contribution >= 0.6 is 22.9 Å². The second kappa shape index (κ2) is 14.9. The predicted octanol–water partition coefficient (Wildman–Crippen LogP) is 5.77. The first-order valence-electron chi connectivity index (χ1n) is 18.7. The molecule has 4 fully saturated rings. The van der Waals surface area contributed by atoms with Crippen molar-refractivity contribution in [3.63, 3.8) is 0 Å². The van der Waals surface area contributed by atoms with Gasteiger partial charge < -0.3 is 39.2 Å². The zero-order valence-corrected chi connectivity index (χ0v) is 33.7. The van der Waals surface area contributed by atoms with Crippen LogP contribution in [0.15, 0.2) is 23.6 Å². The highest BCUT2D eigenvalue weighted by molar-refractivity contribution is 7.11. The van der Waals surface area contributed by atoms with E-state index in [9.17, 15) is 19.2 Å². The number of methoxy groups -OCH3 is 3. The summed E-state index contributed by atoms with van der Waals surface area (Å²) in [6, 6.07) is 3.16. The van der Waals surface area contributed by atoms with Crippen molar-refractivity contribution in [2.24, 2.45) is 23.2 Å². The number of amides is 3. The molecule has 8 atom stereocenters. The minimum atomic E-state index is -1.18. The number of nitrogens with zero attached hydrogens (tertiary/aromatic N) is 3. The van der Waals surface area contributed by atoms with E-state index in [1.165, 1.54) is 44.0 Å². The second-order valence-corrected chi connectivity index (χ2v) is 17.3. The third-order valence-corrected chi connectivity index (χ3v) is 12.6. The van der Waals surface area contributed by atoms with Crippen molar-refractivity contribution in [3.05, 3.63) is 28.6 Å². The van der Waals surface area contributed by atoms with Gasteiger partial charge >= 0.3 is 12.1 Å². The molecule has 1 saturated heterocycles. The second-order valence-electron chi connectivity index (χ2n) is 16.1. The summed E-state index contributed by atoms with van der Waals surface area (Å²) < 4.78 is 28.4. The Morgan fingerprint density at radius 2 is 1.75 bits per heavy atom. The van der Waals surface area contributed by atoms with Gasteiger partial charge in [0.05, 0.1) is 39.1 Å². The number of carbonyl (C=O) groups is 4. The molecule has 1 aromatic carbocycles. The Morgan fingerprint density at radius 1 is 1.00 bits per heavy atom. The number of alkyl carbamates (subject to hydrolysis) is 1. The first kappa shape index (κ1) is 38.9. The summed E-state index contributed by atoms with van der Waals surface area (Å²) in [6.45, 7) is 7.48. The van der Waals surface area contributed by atoms with Crippen LogP contribution in [0.3, 0.4) is 0 Å². The summed E-state index contributed by atoms with van der Waals surface area (Å²) in [5.74, 6) is 0.436. The minimum absolute atomic E-state index is 0.00219. The molecule has 2 N–H and O–H groups in total. The maximum atomic E-state index is 14.7. The maximum absolute atomic E-state index is 14.7. The number of likely N-dealkylation sites (tertiary alicyclic amines) is 1. The number of benzene rings is 1. The molecule has 0 bridgehead atoms. The van der Waals surface area contributed by atoms with Crippen molar-refractivity contribution in [3.8, 4) is 28.1 Å². The fraction of sp³-hybridized carbons (Fsp3) is 0.590. The molecule has 16 heteroatoms. The van der Waals surface area contributed by atoms with Gasteiger partial charge in [0.25, 0.3) is 5.19 Å². The lowest BCUT2D eigenvalue weighted by Gasteiger charge is -2.35. The van der Waals surface area contributed by atoms with Crippen molar-refractivity contribution in [1.29, 1.82) is 0 Å². The summed E-state index contributed by atoms with van der Waals surface area (Å²) >= 11 is 8.10. The van der Waals surface area contributed by atoms with E-state index in [2.05, 4.69) is 15.6 Å². The van der Waals surface area contributed by atoms with E-state index >= 15 is 0 Å². The van der Waals surface area contributed by atoms with E-state index in [1.54, 1.807) is 23.6 Å². The van der Waals surface area contributed by atoms with E-state index in [4.69, 9.17) is 40.3 Å². The third kappa shape index (κ3) is 7.61. The molecule has 3 aliphatic carbocycles. The average Bonchev–Trinajstić information content (AvgIpc) is 3.80. The maximum Gasteiger partial charge on any atom is 0.408 e. The van der Waals surface area contributed by atoms with Crippen LogP contribution in [0, 0.1) is 23.2 Å². The van der Waals surface area contributed by atoms with Gasteiger partial charge in [-0.1, -0.05) is 57.1 Å². The Morgan fingerprint density at radius 3 is 2.36 bits per heavy atom. The molecule has 3 saturated carbocycles. The monoisotopic (exact) mass is 797 g/mol. The lowest BCUT2D eigenvalue weighted by molar-refractivity contribution is -0.148. The van der Waals surface area contributed by atoms with Crippen LogP contribution in [-0.4, -0.2) is 96.4 Å². The van der Waals surface area contributed by atoms with Crippen LogP contribution in [0.5, 0.6) is 16.7 Å². The minimum Gasteiger partial charge on any atom is -0.495 e. The standard InChI is InChI=1S/C39H48ClN5O9S/c1-8-21-16-39(21,35(48)51-6)44-33(46)27-14-23(17-45(27)34(47)32(38(2,3)4)43-36(49)54-22-12-19-11-20(19)13-22)53-29-15-25(26-18-55-37(42-26)52-7)41-31-24(29)9-10-28(50-5)30(31)40/h9-10,15,18-23,27,32H,8,11-14,16-17H2,1-7H3,(H,43,49)(H,44,46)/t19-,20+,21-,22?,23-,27+,32-,39-/m1/s1. The number of carbonyl (C=O) groups excluding carboxylic acids is 4. The molecule has 296 valence electrons. The molecule has 3 heterocycles. The van der Waals surface area contributed by atoms with Gasteiger partial charge in [0, 0.05) is 23.3 Å². The Bertz CT molecular complexity index is 1990. The molecular formula is C39H48ClN5O9S. The number of nitrogens with one attached hydrogen (secondary N) is 2. The van der Waals surface area contributed by atoms with E-state index in [1.807, 2.05) is 27.7 Å². The molecular weight excluding hydrogens is 750 g/mol. The number of halogens is 1. The van der Waals surface area contributed by atoms with Crippen LogP contribution in [0.1, 0.15) is 66.2 Å². The van der Waals surface area contributed by atoms with Gasteiger partial charge in [-0.05, 0) is 61.0 Å². The van der Waals surface area contributed by atoms with Crippen LogP contribution < -0.4 is 24.8 Å². The van der Waals surface area contributed by atoms with Crippen molar-refractivity contribution >= 4 is 57.7 Å². The zero-order chi connectivity index (χ0) is 39.4. The number of ether oxygens (including phenoxy) is 5. The quantitative estimate of drug-likeness (QED) is 0.214. The number of fused-ring (bicyclic) bond motifs is 2. The molecule has 55 heavy (non-hydrogen) atoms. The number of hydrogen-bond acceptors (Lipinski definition) is 12. The van der Waals surface area contributed by atoms with Crippen LogP contribution in [-0.2, 0) is 23.9 Å². The molecule has 3 aromatic rings. The number of rotatable bonds is 12. The van der Waals surface area contributed by atoms with E-state index in [-0.39, 0.29) is 30.0 Å². The first-order valence-corrected chi connectivity index (χ1v) is 20.0. The lowest BCUT2D eigenvalue weighted by atomic mass is 9.85. The predicted molar refractivity (Wildman–Crippen MR) is 204 cm³/mol. The molecule has 4 aliphatic rings. The SMILES string of the molecule is CC[C@@H]1C[C@]1(NC(=O)[C@@H]1C[C@@H](Oc2cc(-c3csc(OC)n3)nc3c(Cl)c(OC)ccc23)CN1C(=O)[C@@H](NC(=O)OC1C[C@@H]2C[C@@H]2C1)C(C)(C)C)C(=O)OC. The molecule has 2 aromatic heterocycles. The summed E-state index contributed by atoms with van der Waals surface area (Å²) in [5.41, 5.74) is -0.521.